The van der Waals surface area contributed by atoms with E-state index >= 15 is 0 Å². The molecule has 3 rings (SSSR count). The fourth-order valence-electron chi connectivity index (χ4n) is 2.70. The van der Waals surface area contributed by atoms with Gasteiger partial charge in [-0.05, 0) is 50.5 Å². The lowest BCUT2D eigenvalue weighted by atomic mass is 9.95. The third-order valence-electron chi connectivity index (χ3n) is 3.68. The molecule has 0 bridgehead atoms. The Morgan fingerprint density at radius 3 is 2.83 bits per heavy atom. The molecule has 0 aliphatic carbocycles. The van der Waals surface area contributed by atoms with Gasteiger partial charge in [-0.1, -0.05) is 0 Å². The van der Waals surface area contributed by atoms with Gasteiger partial charge in [0.15, 0.2) is 0 Å². The Kier molecular flexibility index (Phi) is 3.75. The predicted molar refractivity (Wildman–Crippen MR) is 82.5 cm³/mol. The van der Waals surface area contributed by atoms with Crippen LogP contribution in [-0.2, 0) is 17.7 Å². The molecule has 23 heavy (non-hydrogen) atoms. The highest BCUT2D eigenvalue weighted by Crippen LogP contribution is 2.30. The molecule has 1 aliphatic rings. The molecule has 8 nitrogen and oxygen atoms in total. The summed E-state index contributed by atoms with van der Waals surface area (Å²) in [5, 5.41) is 14.2. The number of aryl methyl sites for hydroxylation is 1. The van der Waals surface area contributed by atoms with Crippen LogP contribution in [0.25, 0.3) is 11.4 Å². The highest BCUT2D eigenvalue weighted by atomic mass is 16.6. The largest absolute Gasteiger partial charge is 0.444 e. The number of H-pyrrole nitrogens is 1. The Bertz CT molecular complexity index is 720. The molecule has 0 saturated heterocycles. The van der Waals surface area contributed by atoms with E-state index in [1.54, 1.807) is 4.90 Å². The van der Waals surface area contributed by atoms with E-state index in [9.17, 15) is 4.79 Å². The number of nitrogens with one attached hydrogen (secondary N) is 1. The summed E-state index contributed by atoms with van der Waals surface area (Å²) in [6.45, 7) is 8.58. The molecule has 0 atom stereocenters. The van der Waals surface area contributed by atoms with Crippen molar-refractivity contribution in [1.82, 2.24) is 30.5 Å². The van der Waals surface area contributed by atoms with Crippen molar-refractivity contribution in [2.45, 2.75) is 46.3 Å². The van der Waals surface area contributed by atoms with E-state index in [0.717, 1.165) is 22.4 Å². The lowest BCUT2D eigenvalue weighted by Crippen LogP contribution is -2.40. The summed E-state index contributed by atoms with van der Waals surface area (Å²) in [5.74, 6) is 0.539. The van der Waals surface area contributed by atoms with Gasteiger partial charge in [-0.15, -0.1) is 10.2 Å². The summed E-state index contributed by atoms with van der Waals surface area (Å²) in [4.78, 5) is 18.4. The minimum Gasteiger partial charge on any atom is -0.444 e. The van der Waals surface area contributed by atoms with Gasteiger partial charge in [0.2, 0.25) is 5.82 Å². The van der Waals surface area contributed by atoms with Gasteiger partial charge in [-0.25, -0.2) is 4.79 Å². The van der Waals surface area contributed by atoms with E-state index in [2.05, 4.69) is 25.6 Å². The minimum atomic E-state index is -0.501. The highest BCUT2D eigenvalue weighted by Gasteiger charge is 2.28. The maximum Gasteiger partial charge on any atom is 0.410 e. The maximum absolute atomic E-state index is 12.2. The molecule has 2 aromatic rings. The van der Waals surface area contributed by atoms with E-state index in [1.807, 2.05) is 33.9 Å². The van der Waals surface area contributed by atoms with Gasteiger partial charge in [-0.3, -0.25) is 4.98 Å². The predicted octanol–water partition coefficient (Wildman–Crippen LogP) is 1.86. The van der Waals surface area contributed by atoms with Crippen LogP contribution in [0.1, 0.15) is 37.6 Å². The second-order valence-electron chi connectivity index (χ2n) is 6.61. The normalized spacial score (nSPS) is 14.5. The number of aromatic nitrogens is 5. The van der Waals surface area contributed by atoms with Crippen LogP contribution in [0.5, 0.6) is 0 Å². The molecule has 2 aromatic heterocycles. The Morgan fingerprint density at radius 2 is 2.17 bits per heavy atom. The van der Waals surface area contributed by atoms with Crippen LogP contribution in [0.15, 0.2) is 6.20 Å². The third kappa shape index (κ3) is 3.15. The van der Waals surface area contributed by atoms with Crippen molar-refractivity contribution in [2.24, 2.45) is 0 Å². The highest BCUT2D eigenvalue weighted by molar-refractivity contribution is 5.70. The van der Waals surface area contributed by atoms with Crippen LogP contribution >= 0.6 is 0 Å². The number of aromatic amines is 1. The number of nitrogens with zero attached hydrogens (tertiary/aromatic N) is 5. The Hall–Kier alpha value is -2.51. The number of pyridine rings is 1. The first-order chi connectivity index (χ1) is 10.8. The van der Waals surface area contributed by atoms with Crippen LogP contribution in [-0.4, -0.2) is 48.7 Å². The van der Waals surface area contributed by atoms with Crippen LogP contribution in [0.4, 0.5) is 4.79 Å². The standard InChI is InChI=1S/C15H20N6O2/c1-9-12(13-17-19-20-18-13)11-5-6-21(8-10(11)7-16-9)14(22)23-15(2,3)4/h7H,5-6,8H2,1-4H3,(H,17,18,19,20). The Labute approximate surface area is 134 Å². The summed E-state index contributed by atoms with van der Waals surface area (Å²) >= 11 is 0. The average Bonchev–Trinajstić information content (AvgIpc) is 2.98. The quantitative estimate of drug-likeness (QED) is 0.862. The van der Waals surface area contributed by atoms with Gasteiger partial charge in [-0.2, -0.15) is 5.21 Å². The van der Waals surface area contributed by atoms with Gasteiger partial charge >= 0.3 is 6.09 Å². The van der Waals surface area contributed by atoms with Crippen molar-refractivity contribution in [2.75, 3.05) is 6.54 Å². The molecule has 0 spiro atoms. The lowest BCUT2D eigenvalue weighted by molar-refractivity contribution is 0.0224. The SMILES string of the molecule is Cc1ncc2c(c1-c1nn[nH]n1)CCN(C(=O)OC(C)(C)C)C2. The third-order valence-corrected chi connectivity index (χ3v) is 3.68. The molecule has 1 amide bonds. The van der Waals surface area contributed by atoms with E-state index in [1.165, 1.54) is 0 Å². The maximum atomic E-state index is 12.2. The molecule has 0 saturated carbocycles. The molecule has 1 N–H and O–H groups in total. The van der Waals surface area contributed by atoms with Crippen molar-refractivity contribution >= 4 is 6.09 Å². The Balaban J connectivity index is 1.88. The van der Waals surface area contributed by atoms with E-state index in [0.29, 0.717) is 25.3 Å². The summed E-state index contributed by atoms with van der Waals surface area (Å²) in [7, 11) is 0. The van der Waals surface area contributed by atoms with E-state index in [4.69, 9.17) is 4.74 Å². The number of ether oxygens (including phenoxy) is 1. The number of carbonyl (C=O) groups excluding carboxylic acids is 1. The van der Waals surface area contributed by atoms with Crippen molar-refractivity contribution in [1.29, 1.82) is 0 Å². The molecule has 3 heterocycles. The van der Waals surface area contributed by atoms with Crippen molar-refractivity contribution in [3.63, 3.8) is 0 Å². The number of tetrazole rings is 1. The van der Waals surface area contributed by atoms with Gasteiger partial charge in [0.05, 0.1) is 6.54 Å². The number of rotatable bonds is 1. The average molecular weight is 316 g/mol. The fourth-order valence-corrected chi connectivity index (χ4v) is 2.70. The molecule has 0 unspecified atom stereocenters. The first kappa shape index (κ1) is 15.4. The minimum absolute atomic E-state index is 0.301. The first-order valence-electron chi connectivity index (χ1n) is 7.54. The first-order valence-corrected chi connectivity index (χ1v) is 7.54. The molecular weight excluding hydrogens is 296 g/mol. The summed E-state index contributed by atoms with van der Waals surface area (Å²) in [6, 6.07) is 0. The topological polar surface area (TPSA) is 96.9 Å². The second-order valence-corrected chi connectivity index (χ2v) is 6.61. The molecule has 122 valence electrons. The van der Waals surface area contributed by atoms with Crippen molar-refractivity contribution in [3.8, 4) is 11.4 Å². The number of amides is 1. The number of hydrogen-bond acceptors (Lipinski definition) is 6. The summed E-state index contributed by atoms with van der Waals surface area (Å²) < 4.78 is 5.45. The zero-order chi connectivity index (χ0) is 16.6. The zero-order valence-corrected chi connectivity index (χ0v) is 13.8. The van der Waals surface area contributed by atoms with E-state index < -0.39 is 5.60 Å². The fraction of sp³-hybridized carbons (Fsp3) is 0.533. The van der Waals surface area contributed by atoms with Gasteiger partial charge in [0.1, 0.15) is 5.60 Å². The van der Waals surface area contributed by atoms with Gasteiger partial charge in [0.25, 0.3) is 0 Å². The molecule has 0 aromatic carbocycles. The summed E-state index contributed by atoms with van der Waals surface area (Å²) in [5.41, 5.74) is 3.38. The monoisotopic (exact) mass is 316 g/mol. The van der Waals surface area contributed by atoms with Gasteiger partial charge in [0, 0.05) is 24.0 Å². The van der Waals surface area contributed by atoms with Crippen molar-refractivity contribution < 1.29 is 9.53 Å². The molecular formula is C15H20N6O2. The smallest absolute Gasteiger partial charge is 0.410 e. The second kappa shape index (κ2) is 5.60. The van der Waals surface area contributed by atoms with Crippen LogP contribution in [0.3, 0.4) is 0 Å². The molecule has 0 radical (unpaired) electrons. The number of hydrogen-bond donors (Lipinski definition) is 1. The van der Waals surface area contributed by atoms with Gasteiger partial charge < -0.3 is 9.64 Å². The molecule has 8 heteroatoms. The van der Waals surface area contributed by atoms with Crippen LogP contribution in [0.2, 0.25) is 0 Å². The lowest BCUT2D eigenvalue weighted by Gasteiger charge is -2.31. The molecule has 0 fully saturated rings. The number of fused-ring (bicyclic) bond motifs is 1. The van der Waals surface area contributed by atoms with Crippen molar-refractivity contribution in [3.05, 3.63) is 23.0 Å². The zero-order valence-electron chi connectivity index (χ0n) is 13.8. The molecule has 1 aliphatic heterocycles. The summed E-state index contributed by atoms with van der Waals surface area (Å²) in [6.07, 6.45) is 2.22. The Morgan fingerprint density at radius 1 is 1.39 bits per heavy atom. The van der Waals surface area contributed by atoms with Crippen LogP contribution in [0, 0.1) is 6.92 Å². The van der Waals surface area contributed by atoms with Crippen LogP contribution < -0.4 is 0 Å². The number of carbonyl (C=O) groups is 1. The van der Waals surface area contributed by atoms with E-state index in [-0.39, 0.29) is 6.09 Å².